The zero-order chi connectivity index (χ0) is 16.4. The Morgan fingerprint density at radius 1 is 1.32 bits per heavy atom. The third-order valence-electron chi connectivity index (χ3n) is 3.16. The fourth-order valence-corrected chi connectivity index (χ4v) is 2.44. The van der Waals surface area contributed by atoms with Crippen molar-refractivity contribution >= 4 is 29.1 Å². The topological polar surface area (TPSA) is 67.4 Å². The molecule has 116 valence electrons. The number of hydrogen-bond acceptors (Lipinski definition) is 4. The molecule has 0 radical (unpaired) electrons. The Morgan fingerprint density at radius 3 is 2.59 bits per heavy atom. The second-order valence-corrected chi connectivity index (χ2v) is 4.96. The highest BCUT2D eigenvalue weighted by atomic mass is 32.1. The van der Waals surface area contributed by atoms with Gasteiger partial charge in [-0.1, -0.05) is 6.07 Å². The summed E-state index contributed by atoms with van der Waals surface area (Å²) in [5.41, 5.74) is 0.260. The summed E-state index contributed by atoms with van der Waals surface area (Å²) < 4.78 is 31.5. The molecule has 5 nitrogen and oxygen atoms in total. The third-order valence-corrected chi connectivity index (χ3v) is 3.38. The first-order chi connectivity index (χ1) is 10.3. The maximum absolute atomic E-state index is 14.0. The molecule has 2 rings (SSSR count). The lowest BCUT2D eigenvalue weighted by Crippen LogP contribution is -2.46. The van der Waals surface area contributed by atoms with Gasteiger partial charge >= 0.3 is 5.97 Å². The third kappa shape index (κ3) is 2.96. The summed E-state index contributed by atoms with van der Waals surface area (Å²) in [6, 6.07) is 1.92. The van der Waals surface area contributed by atoms with Crippen LogP contribution in [0.1, 0.15) is 18.5 Å². The van der Waals surface area contributed by atoms with Gasteiger partial charge < -0.3 is 15.4 Å². The summed E-state index contributed by atoms with van der Waals surface area (Å²) in [4.78, 5) is 23.7. The molecule has 0 bridgehead atoms. The number of allylic oxidation sites excluding steroid dienone is 1. The number of rotatable bonds is 3. The summed E-state index contributed by atoms with van der Waals surface area (Å²) in [5.74, 6) is -3.63. The summed E-state index contributed by atoms with van der Waals surface area (Å²) in [6.07, 6.45) is 0. The molecule has 1 aromatic carbocycles. The molecule has 0 spiro atoms. The van der Waals surface area contributed by atoms with E-state index in [9.17, 15) is 18.4 Å². The van der Waals surface area contributed by atoms with Crippen molar-refractivity contribution in [1.29, 1.82) is 0 Å². The average molecular weight is 326 g/mol. The Hall–Kier alpha value is -2.35. The van der Waals surface area contributed by atoms with Gasteiger partial charge in [0.2, 0.25) is 0 Å². The smallest absolute Gasteiger partial charge is 0.379 e. The van der Waals surface area contributed by atoms with E-state index in [-0.39, 0.29) is 16.2 Å². The number of thiocarbonyl (C=S) groups is 1. The van der Waals surface area contributed by atoms with Crippen LogP contribution in [0.25, 0.3) is 0 Å². The van der Waals surface area contributed by atoms with Gasteiger partial charge in [0.25, 0.3) is 5.78 Å². The molecule has 1 atom stereocenters. The fourth-order valence-electron chi connectivity index (χ4n) is 2.17. The van der Waals surface area contributed by atoms with Crippen LogP contribution in [0.5, 0.6) is 0 Å². The zero-order valence-electron chi connectivity index (χ0n) is 11.7. The van der Waals surface area contributed by atoms with Crippen molar-refractivity contribution < 1.29 is 23.1 Å². The minimum absolute atomic E-state index is 0.00291. The lowest BCUT2D eigenvalue weighted by Gasteiger charge is -2.30. The first kappa shape index (κ1) is 16.0. The van der Waals surface area contributed by atoms with E-state index in [1.807, 2.05) is 0 Å². The molecule has 1 aliphatic heterocycles. The Bertz CT molecular complexity index is 703. The van der Waals surface area contributed by atoms with Gasteiger partial charge in [-0.25, -0.2) is 13.6 Å². The first-order valence-corrected chi connectivity index (χ1v) is 6.62. The predicted molar refractivity (Wildman–Crippen MR) is 77.7 cm³/mol. The molecule has 8 heteroatoms. The van der Waals surface area contributed by atoms with Crippen molar-refractivity contribution in [2.45, 2.75) is 13.0 Å². The highest BCUT2D eigenvalue weighted by Crippen LogP contribution is 2.29. The van der Waals surface area contributed by atoms with Gasteiger partial charge in [-0.2, -0.15) is 0 Å². The molecule has 1 aliphatic rings. The summed E-state index contributed by atoms with van der Waals surface area (Å²) in [6.45, 7) is 1.53. The minimum atomic E-state index is -1.08. The van der Waals surface area contributed by atoms with Gasteiger partial charge in [-0.05, 0) is 25.2 Å². The number of esters is 1. The van der Waals surface area contributed by atoms with Crippen molar-refractivity contribution in [2.24, 2.45) is 0 Å². The molecule has 1 heterocycles. The van der Waals surface area contributed by atoms with Gasteiger partial charge in [0, 0.05) is 17.3 Å². The zero-order valence-corrected chi connectivity index (χ0v) is 12.5. The summed E-state index contributed by atoms with van der Waals surface area (Å²) in [7, 11) is 1.07. The Kier molecular flexibility index (Phi) is 4.51. The second-order valence-electron chi connectivity index (χ2n) is 4.56. The van der Waals surface area contributed by atoms with Gasteiger partial charge in [0.15, 0.2) is 5.11 Å². The van der Waals surface area contributed by atoms with Crippen LogP contribution in [0.15, 0.2) is 29.5 Å². The van der Waals surface area contributed by atoms with Crippen LogP contribution in [0, 0.1) is 11.6 Å². The van der Waals surface area contributed by atoms with E-state index in [1.165, 1.54) is 13.0 Å². The maximum Gasteiger partial charge on any atom is 0.379 e. The molecular weight excluding hydrogens is 314 g/mol. The van der Waals surface area contributed by atoms with Crippen LogP contribution in [-0.2, 0) is 14.3 Å². The highest BCUT2D eigenvalue weighted by molar-refractivity contribution is 7.80. The number of Topliss-reactive ketones (excluding diaryl/α,β-unsaturated/α-hetero) is 1. The van der Waals surface area contributed by atoms with Crippen molar-refractivity contribution in [3.63, 3.8) is 0 Å². The predicted octanol–water partition coefficient (Wildman–Crippen LogP) is 1.50. The second kappa shape index (κ2) is 6.18. The van der Waals surface area contributed by atoms with Gasteiger partial charge in [-0.3, -0.25) is 4.79 Å². The maximum atomic E-state index is 14.0. The largest absolute Gasteiger partial charge is 0.463 e. The van der Waals surface area contributed by atoms with Gasteiger partial charge in [0.05, 0.1) is 18.7 Å². The average Bonchev–Trinajstić information content (AvgIpc) is 2.45. The molecule has 0 saturated carbocycles. The Labute approximate surface area is 130 Å². The molecule has 0 aromatic heterocycles. The molecular formula is C14H12F2N2O3S. The van der Waals surface area contributed by atoms with Crippen LogP contribution >= 0.6 is 12.2 Å². The van der Waals surface area contributed by atoms with Gasteiger partial charge in [-0.15, -0.1) is 0 Å². The van der Waals surface area contributed by atoms with E-state index < -0.39 is 29.4 Å². The van der Waals surface area contributed by atoms with E-state index in [2.05, 4.69) is 15.4 Å². The van der Waals surface area contributed by atoms with E-state index >= 15 is 0 Å². The lowest BCUT2D eigenvalue weighted by atomic mass is 9.92. The van der Waals surface area contributed by atoms with Crippen molar-refractivity contribution in [3.05, 3.63) is 46.7 Å². The molecule has 2 N–H and O–H groups in total. The molecule has 1 aromatic rings. The van der Waals surface area contributed by atoms with Gasteiger partial charge in [0.1, 0.15) is 11.6 Å². The molecule has 0 amide bonds. The number of ether oxygens (including phenoxy) is 1. The lowest BCUT2D eigenvalue weighted by molar-refractivity contribution is -0.150. The van der Waals surface area contributed by atoms with Crippen LogP contribution in [0.4, 0.5) is 8.78 Å². The number of halogens is 2. The normalized spacial score (nSPS) is 17.6. The number of nitrogens with one attached hydrogen (secondary N) is 2. The van der Waals surface area contributed by atoms with Crippen LogP contribution in [0.2, 0.25) is 0 Å². The van der Waals surface area contributed by atoms with Crippen LogP contribution < -0.4 is 10.6 Å². The standard InChI is InChI=1S/C14H12F2N2O3S/c1-6-10(12(19)13(20)21-2)11(18-14(22)17-6)8-4-3-7(15)5-9(8)16/h3-5,11H,1-2H3,(H2,17,18,22)/t11-/m1/s1. The minimum Gasteiger partial charge on any atom is -0.463 e. The number of methoxy groups -OCH3 is 1. The fraction of sp³-hybridized carbons (Fsp3) is 0.214. The van der Waals surface area contributed by atoms with Crippen LogP contribution in [-0.4, -0.2) is 24.0 Å². The number of hydrogen-bond donors (Lipinski definition) is 2. The number of benzene rings is 1. The quantitative estimate of drug-likeness (QED) is 0.498. The SMILES string of the molecule is COC(=O)C(=O)C1=C(C)NC(=S)N[C@@H]1c1ccc(F)cc1F. The molecule has 0 aliphatic carbocycles. The number of carbonyl (C=O) groups is 2. The van der Waals surface area contributed by atoms with E-state index in [0.29, 0.717) is 11.8 Å². The van der Waals surface area contributed by atoms with Crippen molar-refractivity contribution in [1.82, 2.24) is 10.6 Å². The summed E-state index contributed by atoms with van der Waals surface area (Å²) in [5, 5.41) is 5.56. The highest BCUT2D eigenvalue weighted by Gasteiger charge is 2.35. The Morgan fingerprint density at radius 2 is 2.00 bits per heavy atom. The number of ketones is 1. The molecule has 0 unspecified atom stereocenters. The van der Waals surface area contributed by atoms with Crippen molar-refractivity contribution in [3.8, 4) is 0 Å². The monoisotopic (exact) mass is 326 g/mol. The summed E-state index contributed by atoms with van der Waals surface area (Å²) >= 11 is 4.98. The van der Waals surface area contributed by atoms with E-state index in [0.717, 1.165) is 13.2 Å². The van der Waals surface area contributed by atoms with Crippen molar-refractivity contribution in [2.75, 3.05) is 7.11 Å². The number of carbonyl (C=O) groups excluding carboxylic acids is 2. The van der Waals surface area contributed by atoms with Crippen LogP contribution in [0.3, 0.4) is 0 Å². The molecule has 0 fully saturated rings. The van der Waals surface area contributed by atoms with E-state index in [1.54, 1.807) is 0 Å². The molecule has 22 heavy (non-hydrogen) atoms. The Balaban J connectivity index is 2.55. The van der Waals surface area contributed by atoms with E-state index in [4.69, 9.17) is 12.2 Å². The molecule has 0 saturated heterocycles. The first-order valence-electron chi connectivity index (χ1n) is 6.21.